The number of nitrogens with one attached hydrogen (secondary N) is 1. The quantitative estimate of drug-likeness (QED) is 0.792. The van der Waals surface area contributed by atoms with E-state index in [-0.39, 0.29) is 6.04 Å². The van der Waals surface area contributed by atoms with E-state index in [9.17, 15) is 5.11 Å². The summed E-state index contributed by atoms with van der Waals surface area (Å²) in [4.78, 5) is 0. The third-order valence-corrected chi connectivity index (χ3v) is 4.54. The van der Waals surface area contributed by atoms with Crippen molar-refractivity contribution in [2.75, 3.05) is 0 Å². The highest BCUT2D eigenvalue weighted by Crippen LogP contribution is 2.23. The van der Waals surface area contributed by atoms with Gasteiger partial charge in [0.15, 0.2) is 0 Å². The number of aliphatic hydroxyl groups excluding tert-OH is 1. The van der Waals surface area contributed by atoms with Gasteiger partial charge in [0.05, 0.1) is 6.10 Å². The van der Waals surface area contributed by atoms with Crippen molar-refractivity contribution in [2.24, 2.45) is 0 Å². The summed E-state index contributed by atoms with van der Waals surface area (Å²) >= 11 is 0. The van der Waals surface area contributed by atoms with Crippen LogP contribution in [0.15, 0.2) is 24.3 Å². The van der Waals surface area contributed by atoms with Gasteiger partial charge in [-0.2, -0.15) is 0 Å². The molecule has 0 amide bonds. The lowest BCUT2D eigenvalue weighted by Crippen LogP contribution is -2.41. The number of aryl methyl sites for hydroxylation is 1. The van der Waals surface area contributed by atoms with Crippen LogP contribution in [0.4, 0.5) is 0 Å². The molecule has 2 rings (SSSR count). The van der Waals surface area contributed by atoms with E-state index in [4.69, 9.17) is 0 Å². The zero-order valence-corrected chi connectivity index (χ0v) is 12.9. The average Bonchev–Trinajstić information content (AvgIpc) is 2.73. The number of aliphatic hydroxyl groups is 1. The molecule has 0 spiro atoms. The Morgan fingerprint density at radius 1 is 1.10 bits per heavy atom. The summed E-state index contributed by atoms with van der Waals surface area (Å²) in [5.74, 6) is 0. The zero-order chi connectivity index (χ0) is 14.4. The Kier molecular flexibility index (Phi) is 6.06. The summed E-state index contributed by atoms with van der Waals surface area (Å²) in [6.07, 6.45) is 8.48. The number of hydrogen-bond donors (Lipinski definition) is 2. The summed E-state index contributed by atoms with van der Waals surface area (Å²) < 4.78 is 0. The molecule has 0 bridgehead atoms. The number of benzene rings is 1. The number of hydrogen-bond acceptors (Lipinski definition) is 2. The lowest BCUT2D eigenvalue weighted by Gasteiger charge is -2.28. The van der Waals surface area contributed by atoms with Gasteiger partial charge in [-0.15, -0.1) is 0 Å². The first-order chi connectivity index (χ1) is 9.70. The Balaban J connectivity index is 1.97. The lowest BCUT2D eigenvalue weighted by atomic mass is 9.97. The topological polar surface area (TPSA) is 32.3 Å². The predicted octanol–water partition coefficient (Wildman–Crippen LogP) is 4.12. The van der Waals surface area contributed by atoms with Crippen LogP contribution in [0.3, 0.4) is 0 Å². The second-order valence-corrected chi connectivity index (χ2v) is 6.23. The van der Waals surface area contributed by atoms with Crippen LogP contribution in [0, 0.1) is 6.92 Å². The molecule has 1 fully saturated rings. The van der Waals surface area contributed by atoms with Gasteiger partial charge in [-0.25, -0.2) is 0 Å². The maximum atomic E-state index is 10.6. The standard InChI is InChI=1S/C18H29NO/c1-3-17(19-16-8-6-4-5-7-9-16)18(20)15-12-10-14(2)11-13-15/h10-13,16-20H,3-9H2,1-2H3. The molecule has 1 aliphatic rings. The second kappa shape index (κ2) is 7.80. The molecule has 2 N–H and O–H groups in total. The van der Waals surface area contributed by atoms with Crippen molar-refractivity contribution in [3.05, 3.63) is 35.4 Å². The highest BCUT2D eigenvalue weighted by atomic mass is 16.3. The van der Waals surface area contributed by atoms with E-state index in [1.807, 2.05) is 0 Å². The van der Waals surface area contributed by atoms with Gasteiger partial charge in [0.2, 0.25) is 0 Å². The Bertz CT molecular complexity index is 379. The smallest absolute Gasteiger partial charge is 0.0942 e. The van der Waals surface area contributed by atoms with Crippen molar-refractivity contribution in [2.45, 2.75) is 77.0 Å². The average molecular weight is 275 g/mol. The van der Waals surface area contributed by atoms with E-state index in [2.05, 4.69) is 43.4 Å². The fraction of sp³-hybridized carbons (Fsp3) is 0.667. The Labute approximate surface area is 123 Å². The van der Waals surface area contributed by atoms with Crippen molar-refractivity contribution in [1.29, 1.82) is 0 Å². The van der Waals surface area contributed by atoms with Gasteiger partial charge in [0, 0.05) is 12.1 Å². The van der Waals surface area contributed by atoms with Crippen molar-refractivity contribution < 1.29 is 5.11 Å². The second-order valence-electron chi connectivity index (χ2n) is 6.23. The highest BCUT2D eigenvalue weighted by Gasteiger charge is 2.22. The molecule has 1 aromatic carbocycles. The Morgan fingerprint density at radius 2 is 1.70 bits per heavy atom. The van der Waals surface area contributed by atoms with Crippen LogP contribution in [0.25, 0.3) is 0 Å². The van der Waals surface area contributed by atoms with Crippen molar-refractivity contribution >= 4 is 0 Å². The lowest BCUT2D eigenvalue weighted by molar-refractivity contribution is 0.117. The number of rotatable bonds is 5. The molecule has 112 valence electrons. The third-order valence-electron chi connectivity index (χ3n) is 4.54. The molecule has 0 aliphatic heterocycles. The first-order valence-electron chi connectivity index (χ1n) is 8.21. The van der Waals surface area contributed by atoms with Crippen LogP contribution in [0.5, 0.6) is 0 Å². The molecular formula is C18H29NO. The van der Waals surface area contributed by atoms with Gasteiger partial charge in [-0.05, 0) is 31.7 Å². The van der Waals surface area contributed by atoms with Gasteiger partial charge in [-0.3, -0.25) is 0 Å². The van der Waals surface area contributed by atoms with Crippen LogP contribution in [0.1, 0.15) is 69.1 Å². The van der Waals surface area contributed by atoms with Crippen molar-refractivity contribution in [3.8, 4) is 0 Å². The fourth-order valence-corrected chi connectivity index (χ4v) is 3.18. The molecule has 20 heavy (non-hydrogen) atoms. The summed E-state index contributed by atoms with van der Waals surface area (Å²) in [6, 6.07) is 9.02. The SMILES string of the molecule is CCC(NC1CCCCCC1)C(O)c1ccc(C)cc1. The molecule has 1 saturated carbocycles. The van der Waals surface area contributed by atoms with E-state index < -0.39 is 6.10 Å². The highest BCUT2D eigenvalue weighted by molar-refractivity contribution is 5.24. The maximum Gasteiger partial charge on any atom is 0.0942 e. The molecule has 0 saturated heterocycles. The van der Waals surface area contributed by atoms with Crippen molar-refractivity contribution in [1.82, 2.24) is 5.32 Å². The zero-order valence-electron chi connectivity index (χ0n) is 12.9. The van der Waals surface area contributed by atoms with Gasteiger partial charge >= 0.3 is 0 Å². The van der Waals surface area contributed by atoms with Crippen LogP contribution < -0.4 is 5.32 Å². The van der Waals surface area contributed by atoms with Gasteiger partial charge in [-0.1, -0.05) is 62.4 Å². The van der Waals surface area contributed by atoms with E-state index in [0.29, 0.717) is 6.04 Å². The summed E-state index contributed by atoms with van der Waals surface area (Å²) in [5, 5.41) is 14.3. The van der Waals surface area contributed by atoms with Gasteiger partial charge < -0.3 is 10.4 Å². The minimum Gasteiger partial charge on any atom is -0.387 e. The first-order valence-corrected chi connectivity index (χ1v) is 8.21. The molecule has 2 atom stereocenters. The minimum absolute atomic E-state index is 0.167. The third kappa shape index (κ3) is 4.32. The molecule has 1 aliphatic carbocycles. The molecule has 0 aromatic heterocycles. The summed E-state index contributed by atoms with van der Waals surface area (Å²) in [7, 11) is 0. The summed E-state index contributed by atoms with van der Waals surface area (Å²) in [6.45, 7) is 4.24. The van der Waals surface area contributed by atoms with Crippen molar-refractivity contribution in [3.63, 3.8) is 0 Å². The van der Waals surface area contributed by atoms with Crippen LogP contribution in [0.2, 0.25) is 0 Å². The van der Waals surface area contributed by atoms with Crippen LogP contribution in [-0.4, -0.2) is 17.2 Å². The van der Waals surface area contributed by atoms with E-state index in [1.54, 1.807) is 0 Å². The molecule has 1 aromatic rings. The van der Waals surface area contributed by atoms with E-state index in [1.165, 1.54) is 44.1 Å². The Morgan fingerprint density at radius 3 is 2.25 bits per heavy atom. The minimum atomic E-state index is -0.399. The molecule has 0 radical (unpaired) electrons. The van der Waals surface area contributed by atoms with Gasteiger partial charge in [0.25, 0.3) is 0 Å². The molecular weight excluding hydrogens is 246 g/mol. The van der Waals surface area contributed by atoms with Crippen LogP contribution >= 0.6 is 0 Å². The maximum absolute atomic E-state index is 10.6. The van der Waals surface area contributed by atoms with E-state index >= 15 is 0 Å². The first kappa shape index (κ1) is 15.5. The van der Waals surface area contributed by atoms with E-state index in [0.717, 1.165) is 12.0 Å². The monoisotopic (exact) mass is 275 g/mol. The van der Waals surface area contributed by atoms with Crippen LogP contribution in [-0.2, 0) is 0 Å². The molecule has 2 nitrogen and oxygen atoms in total. The fourth-order valence-electron chi connectivity index (χ4n) is 3.18. The summed E-state index contributed by atoms with van der Waals surface area (Å²) in [5.41, 5.74) is 2.27. The Hall–Kier alpha value is -0.860. The molecule has 2 heteroatoms. The molecule has 0 heterocycles. The largest absolute Gasteiger partial charge is 0.387 e. The normalized spacial score (nSPS) is 20.4. The molecule has 2 unspecified atom stereocenters. The predicted molar refractivity (Wildman–Crippen MR) is 84.8 cm³/mol. The van der Waals surface area contributed by atoms with Gasteiger partial charge in [0.1, 0.15) is 0 Å².